The molecule has 1 amide bonds. The van der Waals surface area contributed by atoms with Gasteiger partial charge in [0, 0.05) is 24.5 Å². The fraction of sp³-hybridized carbons (Fsp3) is 0.385. The lowest BCUT2D eigenvalue weighted by Crippen LogP contribution is -2.24. The van der Waals surface area contributed by atoms with Crippen LogP contribution in [0.4, 0.5) is 0 Å². The molecule has 3 nitrogen and oxygen atoms in total. The van der Waals surface area contributed by atoms with Gasteiger partial charge in [0.1, 0.15) is 0 Å². The largest absolute Gasteiger partial charge is 0.338 e. The van der Waals surface area contributed by atoms with Gasteiger partial charge in [-0.15, -0.1) is 0 Å². The van der Waals surface area contributed by atoms with Gasteiger partial charge in [-0.05, 0) is 23.6 Å². The van der Waals surface area contributed by atoms with Gasteiger partial charge in [0.05, 0.1) is 11.6 Å². The van der Waals surface area contributed by atoms with Gasteiger partial charge in [-0.3, -0.25) is 4.79 Å². The van der Waals surface area contributed by atoms with Crippen molar-refractivity contribution < 1.29 is 4.79 Å². The molecule has 1 heterocycles. The number of rotatable bonds is 2. The van der Waals surface area contributed by atoms with Crippen LogP contribution in [0.15, 0.2) is 18.2 Å². The van der Waals surface area contributed by atoms with Crippen molar-refractivity contribution in [2.75, 3.05) is 6.54 Å². The van der Waals surface area contributed by atoms with E-state index in [1.165, 1.54) is 0 Å². The molecule has 1 unspecified atom stereocenters. The van der Waals surface area contributed by atoms with E-state index >= 15 is 0 Å². The van der Waals surface area contributed by atoms with Crippen LogP contribution in [0.3, 0.4) is 0 Å². The fourth-order valence-corrected chi connectivity index (χ4v) is 2.31. The SMILES string of the molecule is CC1CC(=O)N(Cc2ccc(C#N)cc2Cl)C1. The van der Waals surface area contributed by atoms with Crippen LogP contribution in [0.25, 0.3) is 0 Å². The molecule has 1 fully saturated rings. The van der Waals surface area contributed by atoms with Crippen LogP contribution in [-0.4, -0.2) is 17.4 Å². The van der Waals surface area contributed by atoms with Crippen molar-refractivity contribution in [3.05, 3.63) is 34.3 Å². The second kappa shape index (κ2) is 4.77. The Bertz CT molecular complexity index is 493. The number of halogens is 1. The Morgan fingerprint density at radius 2 is 2.35 bits per heavy atom. The van der Waals surface area contributed by atoms with Gasteiger partial charge in [0.15, 0.2) is 0 Å². The van der Waals surface area contributed by atoms with Crippen molar-refractivity contribution in [3.8, 4) is 6.07 Å². The summed E-state index contributed by atoms with van der Waals surface area (Å²) >= 11 is 6.08. The Balaban J connectivity index is 2.14. The number of hydrogen-bond acceptors (Lipinski definition) is 2. The summed E-state index contributed by atoms with van der Waals surface area (Å²) in [6.07, 6.45) is 0.619. The summed E-state index contributed by atoms with van der Waals surface area (Å²) < 4.78 is 0. The number of amides is 1. The van der Waals surface area contributed by atoms with E-state index in [1.807, 2.05) is 17.0 Å². The lowest BCUT2D eigenvalue weighted by molar-refractivity contribution is -0.128. The minimum absolute atomic E-state index is 0.179. The van der Waals surface area contributed by atoms with Crippen LogP contribution in [0.5, 0.6) is 0 Å². The van der Waals surface area contributed by atoms with E-state index in [0.29, 0.717) is 29.5 Å². The first-order chi connectivity index (χ1) is 8.10. The predicted molar refractivity (Wildman–Crippen MR) is 65.4 cm³/mol. The Morgan fingerprint density at radius 1 is 1.59 bits per heavy atom. The van der Waals surface area contributed by atoms with Crippen molar-refractivity contribution in [1.29, 1.82) is 5.26 Å². The summed E-state index contributed by atoms with van der Waals surface area (Å²) in [4.78, 5) is 13.5. The lowest BCUT2D eigenvalue weighted by atomic mass is 10.1. The zero-order valence-corrected chi connectivity index (χ0v) is 10.4. The summed E-state index contributed by atoms with van der Waals surface area (Å²) in [5.74, 6) is 0.595. The van der Waals surface area contributed by atoms with Crippen LogP contribution in [0.2, 0.25) is 5.02 Å². The third kappa shape index (κ3) is 2.59. The number of benzene rings is 1. The van der Waals surface area contributed by atoms with Crippen LogP contribution in [0, 0.1) is 17.2 Å². The normalized spacial score (nSPS) is 19.5. The minimum Gasteiger partial charge on any atom is -0.338 e. The van der Waals surface area contributed by atoms with E-state index in [-0.39, 0.29) is 5.91 Å². The summed E-state index contributed by atoms with van der Waals surface area (Å²) in [6, 6.07) is 7.22. The average Bonchev–Trinajstić information content (AvgIpc) is 2.60. The van der Waals surface area contributed by atoms with Gasteiger partial charge in [0.25, 0.3) is 0 Å². The Morgan fingerprint density at radius 3 is 2.88 bits per heavy atom. The quantitative estimate of drug-likeness (QED) is 0.808. The van der Waals surface area contributed by atoms with Crippen LogP contribution in [0.1, 0.15) is 24.5 Å². The molecule has 1 saturated heterocycles. The van der Waals surface area contributed by atoms with Crippen LogP contribution < -0.4 is 0 Å². The maximum absolute atomic E-state index is 11.7. The topological polar surface area (TPSA) is 44.1 Å². The zero-order valence-electron chi connectivity index (χ0n) is 9.61. The monoisotopic (exact) mass is 248 g/mol. The highest BCUT2D eigenvalue weighted by Crippen LogP contribution is 2.23. The molecular formula is C13H13ClN2O. The van der Waals surface area contributed by atoms with Crippen molar-refractivity contribution in [3.63, 3.8) is 0 Å². The number of carbonyl (C=O) groups is 1. The molecule has 1 aliphatic heterocycles. The highest BCUT2D eigenvalue weighted by molar-refractivity contribution is 6.31. The molecule has 17 heavy (non-hydrogen) atoms. The standard InChI is InChI=1S/C13H13ClN2O/c1-9-4-13(17)16(7-9)8-11-3-2-10(6-15)5-12(11)14/h2-3,5,9H,4,7-8H2,1H3. The summed E-state index contributed by atoms with van der Waals surface area (Å²) in [5.41, 5.74) is 1.44. The van der Waals surface area contributed by atoms with E-state index in [2.05, 4.69) is 6.92 Å². The molecule has 1 aromatic rings. The molecular weight excluding hydrogens is 236 g/mol. The van der Waals surface area contributed by atoms with Crippen molar-refractivity contribution in [2.24, 2.45) is 5.92 Å². The molecule has 1 atom stereocenters. The Hall–Kier alpha value is -1.53. The molecule has 0 N–H and O–H groups in total. The predicted octanol–water partition coefficient (Wildman–Crippen LogP) is 2.58. The number of hydrogen-bond donors (Lipinski definition) is 0. The highest BCUT2D eigenvalue weighted by atomic mass is 35.5. The van der Waals surface area contributed by atoms with E-state index in [9.17, 15) is 4.79 Å². The molecule has 0 aliphatic carbocycles. The van der Waals surface area contributed by atoms with Gasteiger partial charge < -0.3 is 4.90 Å². The van der Waals surface area contributed by atoms with E-state index < -0.39 is 0 Å². The molecule has 1 aliphatic rings. The lowest BCUT2D eigenvalue weighted by Gasteiger charge is -2.17. The first-order valence-electron chi connectivity index (χ1n) is 5.56. The molecule has 0 saturated carbocycles. The smallest absolute Gasteiger partial charge is 0.223 e. The molecule has 1 aromatic carbocycles. The second-order valence-electron chi connectivity index (χ2n) is 4.50. The second-order valence-corrected chi connectivity index (χ2v) is 4.91. The third-order valence-electron chi connectivity index (χ3n) is 2.95. The first kappa shape index (κ1) is 11.9. The number of carbonyl (C=O) groups excluding carboxylic acids is 1. The van der Waals surface area contributed by atoms with Crippen molar-refractivity contribution in [2.45, 2.75) is 19.9 Å². The fourth-order valence-electron chi connectivity index (χ4n) is 2.07. The van der Waals surface area contributed by atoms with E-state index in [1.54, 1.807) is 12.1 Å². The van der Waals surface area contributed by atoms with Crippen LogP contribution in [-0.2, 0) is 11.3 Å². The molecule has 0 aromatic heterocycles. The molecule has 0 bridgehead atoms. The van der Waals surface area contributed by atoms with Gasteiger partial charge >= 0.3 is 0 Å². The minimum atomic E-state index is 0.179. The van der Waals surface area contributed by atoms with Crippen LogP contribution >= 0.6 is 11.6 Å². The summed E-state index contributed by atoms with van der Waals surface area (Å²) in [6.45, 7) is 3.39. The van der Waals surface area contributed by atoms with Crippen molar-refractivity contribution in [1.82, 2.24) is 4.90 Å². The maximum atomic E-state index is 11.7. The van der Waals surface area contributed by atoms with Gasteiger partial charge in [-0.1, -0.05) is 24.6 Å². The zero-order chi connectivity index (χ0) is 12.4. The number of likely N-dealkylation sites (tertiary alicyclic amines) is 1. The first-order valence-corrected chi connectivity index (χ1v) is 5.94. The van der Waals surface area contributed by atoms with Gasteiger partial charge in [-0.2, -0.15) is 5.26 Å². The van der Waals surface area contributed by atoms with E-state index in [0.717, 1.165) is 12.1 Å². The summed E-state index contributed by atoms with van der Waals surface area (Å²) in [7, 11) is 0. The Labute approximate surface area is 106 Å². The molecule has 0 radical (unpaired) electrons. The third-order valence-corrected chi connectivity index (χ3v) is 3.30. The summed E-state index contributed by atoms with van der Waals surface area (Å²) in [5, 5.41) is 9.29. The van der Waals surface area contributed by atoms with Gasteiger partial charge in [0.2, 0.25) is 5.91 Å². The molecule has 2 rings (SSSR count). The van der Waals surface area contributed by atoms with Crippen molar-refractivity contribution >= 4 is 17.5 Å². The van der Waals surface area contributed by atoms with Gasteiger partial charge in [-0.25, -0.2) is 0 Å². The highest BCUT2D eigenvalue weighted by Gasteiger charge is 2.26. The molecule has 0 spiro atoms. The molecule has 88 valence electrons. The Kier molecular flexibility index (Phi) is 3.35. The maximum Gasteiger partial charge on any atom is 0.223 e. The number of nitrogens with zero attached hydrogens (tertiary/aromatic N) is 2. The average molecular weight is 249 g/mol. The van der Waals surface area contributed by atoms with E-state index in [4.69, 9.17) is 16.9 Å². The number of nitriles is 1. The molecule has 4 heteroatoms.